The maximum absolute atomic E-state index is 12.3. The summed E-state index contributed by atoms with van der Waals surface area (Å²) in [7, 11) is -3.02. The van der Waals surface area contributed by atoms with E-state index >= 15 is 0 Å². The summed E-state index contributed by atoms with van der Waals surface area (Å²) >= 11 is 4.76. The molecule has 1 unspecified atom stereocenters. The van der Waals surface area contributed by atoms with Crippen molar-refractivity contribution in [2.24, 2.45) is 0 Å². The number of amides is 1. The molecule has 2 aromatic carbocycles. The number of benzene rings is 2. The fourth-order valence-electron chi connectivity index (χ4n) is 3.20. The molecule has 1 aromatic heterocycles. The molecule has 3 aromatic rings. The van der Waals surface area contributed by atoms with Crippen LogP contribution in [-0.2, 0) is 14.6 Å². The first-order valence-corrected chi connectivity index (χ1v) is 12.6. The summed E-state index contributed by atoms with van der Waals surface area (Å²) in [5, 5.41) is 4.43. The first-order chi connectivity index (χ1) is 13.9. The third-order valence-electron chi connectivity index (χ3n) is 4.61. The zero-order chi connectivity index (χ0) is 20.4. The number of halogens is 1. The molecule has 0 bridgehead atoms. The lowest BCUT2D eigenvalue weighted by Gasteiger charge is -2.11. The Morgan fingerprint density at radius 3 is 2.62 bits per heavy atom. The van der Waals surface area contributed by atoms with Crippen molar-refractivity contribution in [3.63, 3.8) is 0 Å². The number of nitrogens with one attached hydrogen (secondary N) is 1. The Morgan fingerprint density at radius 2 is 1.90 bits per heavy atom. The van der Waals surface area contributed by atoms with Crippen LogP contribution in [0.15, 0.2) is 58.0 Å². The molecule has 150 valence electrons. The van der Waals surface area contributed by atoms with Crippen molar-refractivity contribution < 1.29 is 13.2 Å². The van der Waals surface area contributed by atoms with Crippen molar-refractivity contribution in [2.75, 3.05) is 17.3 Å². The highest BCUT2D eigenvalue weighted by atomic mass is 79.9. The molecule has 1 aliphatic rings. The van der Waals surface area contributed by atoms with E-state index in [1.807, 2.05) is 48.5 Å². The monoisotopic (exact) mass is 491 g/mol. The number of thioether (sulfide) groups is 1. The number of sulfone groups is 1. The molecule has 29 heavy (non-hydrogen) atoms. The first-order valence-electron chi connectivity index (χ1n) is 9.05. The summed E-state index contributed by atoms with van der Waals surface area (Å²) in [5.41, 5.74) is 1.70. The third kappa shape index (κ3) is 4.96. The highest BCUT2D eigenvalue weighted by Crippen LogP contribution is 2.29. The Labute approximate surface area is 181 Å². The minimum absolute atomic E-state index is 0.0214. The van der Waals surface area contributed by atoms with E-state index in [2.05, 4.69) is 31.2 Å². The summed E-state index contributed by atoms with van der Waals surface area (Å²) in [6, 6.07) is 15.1. The molecule has 1 amide bonds. The number of fused-ring (bicyclic) bond motifs is 1. The minimum Gasteiger partial charge on any atom is -0.352 e. The van der Waals surface area contributed by atoms with Gasteiger partial charge in [-0.05, 0) is 24.6 Å². The molecule has 0 saturated carbocycles. The molecule has 0 spiro atoms. The highest BCUT2D eigenvalue weighted by Gasteiger charge is 2.28. The van der Waals surface area contributed by atoms with Crippen molar-refractivity contribution in [3.05, 3.63) is 53.0 Å². The Kier molecular flexibility index (Phi) is 5.89. The smallest absolute Gasteiger partial charge is 0.230 e. The van der Waals surface area contributed by atoms with Gasteiger partial charge in [-0.25, -0.2) is 18.4 Å². The Morgan fingerprint density at radius 1 is 1.14 bits per heavy atom. The van der Waals surface area contributed by atoms with E-state index in [0.717, 1.165) is 26.0 Å². The number of hydrogen-bond acceptors (Lipinski definition) is 6. The van der Waals surface area contributed by atoms with Crippen LogP contribution in [-0.4, -0.2) is 47.6 Å². The van der Waals surface area contributed by atoms with E-state index in [0.29, 0.717) is 12.2 Å². The maximum atomic E-state index is 12.3. The van der Waals surface area contributed by atoms with Crippen molar-refractivity contribution in [1.82, 2.24) is 15.3 Å². The molecule has 6 nitrogen and oxygen atoms in total. The lowest BCUT2D eigenvalue weighted by atomic mass is 10.2. The number of nitrogens with zero attached hydrogens (tertiary/aromatic N) is 2. The number of hydrogen-bond donors (Lipinski definition) is 1. The van der Waals surface area contributed by atoms with Crippen LogP contribution in [0.25, 0.3) is 22.3 Å². The van der Waals surface area contributed by atoms with E-state index in [1.54, 1.807) is 0 Å². The molecular formula is C20H18BrN3O3S2. The second kappa shape index (κ2) is 8.41. The van der Waals surface area contributed by atoms with Crippen LogP contribution in [0, 0.1) is 0 Å². The Bertz CT molecular complexity index is 1170. The summed E-state index contributed by atoms with van der Waals surface area (Å²) in [6.07, 6.45) is 0.475. The van der Waals surface area contributed by atoms with Gasteiger partial charge in [0.2, 0.25) is 5.91 Å². The highest BCUT2D eigenvalue weighted by molar-refractivity contribution is 9.10. The minimum atomic E-state index is -3.02. The fourth-order valence-corrected chi connectivity index (χ4v) is 5.97. The molecular weight excluding hydrogens is 474 g/mol. The predicted molar refractivity (Wildman–Crippen MR) is 119 cm³/mol. The normalized spacial score (nSPS) is 18.0. The van der Waals surface area contributed by atoms with Gasteiger partial charge in [0.05, 0.1) is 22.8 Å². The standard InChI is InChI=1S/C20H18BrN3O3S2/c21-14-7-5-13(6-8-14)19-23-17-4-2-1-3-16(17)20(24-19)28-11-18(25)22-15-9-10-29(26,27)12-15/h1-8,15H,9-12H2,(H,22,25). The van der Waals surface area contributed by atoms with Gasteiger partial charge in [0.25, 0.3) is 0 Å². The molecule has 1 N–H and O–H groups in total. The van der Waals surface area contributed by atoms with Crippen LogP contribution < -0.4 is 5.32 Å². The van der Waals surface area contributed by atoms with Crippen LogP contribution in [0.1, 0.15) is 6.42 Å². The molecule has 0 aliphatic carbocycles. The molecule has 1 fully saturated rings. The zero-order valence-corrected chi connectivity index (χ0v) is 18.6. The maximum Gasteiger partial charge on any atom is 0.230 e. The quantitative estimate of drug-likeness (QED) is 0.434. The largest absolute Gasteiger partial charge is 0.352 e. The molecule has 0 radical (unpaired) electrons. The fraction of sp³-hybridized carbons (Fsp3) is 0.250. The summed E-state index contributed by atoms with van der Waals surface area (Å²) in [4.78, 5) is 21.7. The Balaban J connectivity index is 1.54. The average molecular weight is 492 g/mol. The lowest BCUT2D eigenvalue weighted by molar-refractivity contribution is -0.119. The van der Waals surface area contributed by atoms with Crippen LogP contribution in [0.4, 0.5) is 0 Å². The molecule has 1 saturated heterocycles. The topological polar surface area (TPSA) is 89.0 Å². The van der Waals surface area contributed by atoms with Crippen LogP contribution in [0.5, 0.6) is 0 Å². The third-order valence-corrected chi connectivity index (χ3v) is 7.90. The van der Waals surface area contributed by atoms with Gasteiger partial charge in [-0.3, -0.25) is 4.79 Å². The van der Waals surface area contributed by atoms with Crippen molar-refractivity contribution in [3.8, 4) is 11.4 Å². The molecule has 4 rings (SSSR count). The van der Waals surface area contributed by atoms with Gasteiger partial charge in [0.15, 0.2) is 15.7 Å². The number of carbonyl (C=O) groups excluding carboxylic acids is 1. The van der Waals surface area contributed by atoms with Gasteiger partial charge in [-0.1, -0.05) is 58.0 Å². The van der Waals surface area contributed by atoms with Gasteiger partial charge in [0, 0.05) is 21.5 Å². The number of aromatic nitrogens is 2. The van der Waals surface area contributed by atoms with E-state index in [9.17, 15) is 13.2 Å². The zero-order valence-electron chi connectivity index (χ0n) is 15.3. The molecule has 1 aliphatic heterocycles. The lowest BCUT2D eigenvalue weighted by Crippen LogP contribution is -2.36. The summed E-state index contributed by atoms with van der Waals surface area (Å²) in [5.74, 6) is 0.731. The Hall–Kier alpha value is -1.97. The number of rotatable bonds is 5. The van der Waals surface area contributed by atoms with E-state index < -0.39 is 9.84 Å². The van der Waals surface area contributed by atoms with Gasteiger partial charge < -0.3 is 5.32 Å². The predicted octanol–water partition coefficient (Wildman–Crippen LogP) is 3.45. The van der Waals surface area contributed by atoms with Crippen LogP contribution >= 0.6 is 27.7 Å². The molecule has 1 atom stereocenters. The van der Waals surface area contributed by atoms with Gasteiger partial charge in [0.1, 0.15) is 5.03 Å². The van der Waals surface area contributed by atoms with Crippen molar-refractivity contribution in [2.45, 2.75) is 17.5 Å². The van der Waals surface area contributed by atoms with Crippen LogP contribution in [0.2, 0.25) is 0 Å². The second-order valence-corrected chi connectivity index (χ2v) is 10.9. The van der Waals surface area contributed by atoms with Crippen molar-refractivity contribution >= 4 is 54.3 Å². The SMILES string of the molecule is O=C(CSc1nc(-c2ccc(Br)cc2)nc2ccccc12)NC1CCS(=O)(=O)C1. The van der Waals surface area contributed by atoms with Gasteiger partial charge >= 0.3 is 0 Å². The van der Waals surface area contributed by atoms with Gasteiger partial charge in [-0.2, -0.15) is 0 Å². The summed E-state index contributed by atoms with van der Waals surface area (Å²) < 4.78 is 24.1. The van der Waals surface area contributed by atoms with E-state index in [1.165, 1.54) is 11.8 Å². The average Bonchev–Trinajstić information content (AvgIpc) is 3.04. The van der Waals surface area contributed by atoms with E-state index in [4.69, 9.17) is 0 Å². The van der Waals surface area contributed by atoms with Crippen LogP contribution in [0.3, 0.4) is 0 Å². The first kappa shape index (κ1) is 20.3. The van der Waals surface area contributed by atoms with Crippen molar-refractivity contribution in [1.29, 1.82) is 0 Å². The van der Waals surface area contributed by atoms with E-state index in [-0.39, 0.29) is 29.2 Å². The number of para-hydroxylation sites is 1. The molecule has 2 heterocycles. The van der Waals surface area contributed by atoms with Gasteiger partial charge in [-0.15, -0.1) is 0 Å². The number of carbonyl (C=O) groups is 1. The second-order valence-electron chi connectivity index (χ2n) is 6.83. The summed E-state index contributed by atoms with van der Waals surface area (Å²) in [6.45, 7) is 0. The molecule has 9 heteroatoms.